The zero-order valence-electron chi connectivity index (χ0n) is 6.57. The lowest BCUT2D eigenvalue weighted by molar-refractivity contribution is 0.553. The smallest absolute Gasteiger partial charge is 0.243 e. The molecule has 0 unspecified atom stereocenters. The minimum Gasteiger partial charge on any atom is -0.243 e. The molecule has 1 aromatic heterocycles. The van der Waals surface area contributed by atoms with E-state index in [9.17, 15) is 12.3 Å². The summed E-state index contributed by atoms with van der Waals surface area (Å²) in [7, 11) is -4.82. The quantitative estimate of drug-likeness (QED) is 0.732. The van der Waals surface area contributed by atoms with Crippen LogP contribution in [0.2, 0.25) is 5.02 Å². The molecule has 0 aliphatic heterocycles. The number of halogens is 2. The van der Waals surface area contributed by atoms with Gasteiger partial charge in [-0.05, 0) is 12.1 Å². The van der Waals surface area contributed by atoms with Crippen molar-refractivity contribution in [2.75, 3.05) is 0 Å². The monoisotopic (exact) mass is 251 g/mol. The number of benzene rings is 1. The van der Waals surface area contributed by atoms with Gasteiger partial charge in [0.2, 0.25) is 0 Å². The normalized spacial score (nSPS) is 12.1. The van der Waals surface area contributed by atoms with Crippen LogP contribution in [0.15, 0.2) is 22.5 Å². The van der Waals surface area contributed by atoms with Crippen LogP contribution in [0.3, 0.4) is 0 Å². The summed E-state index contributed by atoms with van der Waals surface area (Å²) in [4.78, 5) is 3.22. The van der Waals surface area contributed by atoms with Crippen LogP contribution in [0.1, 0.15) is 0 Å². The summed E-state index contributed by atoms with van der Waals surface area (Å²) in [6, 6.07) is 2.94. The highest BCUT2D eigenvalue weighted by Crippen LogP contribution is 2.32. The second kappa shape index (κ2) is 3.15. The SMILES string of the molecule is O=S(=O)(F)c1c(Cl)ccc2scnc12. The summed E-state index contributed by atoms with van der Waals surface area (Å²) in [6.07, 6.45) is 0. The molecule has 74 valence electrons. The molecule has 0 amide bonds. The molecule has 1 aromatic carbocycles. The molecular formula is C7H3ClFNO2S2. The molecule has 0 N–H and O–H groups in total. The Morgan fingerprint density at radius 3 is 2.79 bits per heavy atom. The van der Waals surface area contributed by atoms with E-state index < -0.39 is 15.1 Å². The Balaban J connectivity index is 2.98. The molecule has 7 heteroatoms. The first-order valence-corrected chi connectivity index (χ1v) is 6.10. The Morgan fingerprint density at radius 1 is 1.43 bits per heavy atom. The molecule has 0 spiro atoms. The number of fused-ring (bicyclic) bond motifs is 1. The Morgan fingerprint density at radius 2 is 2.14 bits per heavy atom. The van der Waals surface area contributed by atoms with E-state index in [1.807, 2.05) is 0 Å². The lowest BCUT2D eigenvalue weighted by Crippen LogP contribution is -1.94. The van der Waals surface area contributed by atoms with Crippen molar-refractivity contribution in [3.8, 4) is 0 Å². The number of rotatable bonds is 1. The lowest BCUT2D eigenvalue weighted by atomic mass is 10.3. The predicted octanol–water partition coefficient (Wildman–Crippen LogP) is 2.61. The Kier molecular flexibility index (Phi) is 2.21. The maximum absolute atomic E-state index is 12.8. The van der Waals surface area contributed by atoms with Crippen LogP contribution in [0.25, 0.3) is 10.2 Å². The average molecular weight is 252 g/mol. The number of hydrogen-bond donors (Lipinski definition) is 0. The fraction of sp³-hybridized carbons (Fsp3) is 0. The minimum absolute atomic E-state index is 0.0880. The topological polar surface area (TPSA) is 47.0 Å². The molecule has 0 saturated heterocycles. The number of thiazole rings is 1. The number of nitrogens with zero attached hydrogens (tertiary/aromatic N) is 1. The van der Waals surface area contributed by atoms with E-state index in [-0.39, 0.29) is 10.5 Å². The maximum Gasteiger partial charge on any atom is 0.335 e. The van der Waals surface area contributed by atoms with Gasteiger partial charge in [0.15, 0.2) is 0 Å². The van der Waals surface area contributed by atoms with Gasteiger partial charge in [-0.3, -0.25) is 0 Å². The Bertz CT molecular complexity index is 593. The van der Waals surface area contributed by atoms with Crippen LogP contribution >= 0.6 is 22.9 Å². The van der Waals surface area contributed by atoms with Crippen molar-refractivity contribution in [2.45, 2.75) is 4.90 Å². The zero-order chi connectivity index (χ0) is 10.3. The summed E-state index contributed by atoms with van der Waals surface area (Å²) in [5.74, 6) is 0. The van der Waals surface area contributed by atoms with Crippen molar-refractivity contribution in [3.63, 3.8) is 0 Å². The molecule has 0 atom stereocenters. The zero-order valence-corrected chi connectivity index (χ0v) is 8.96. The Labute approximate surface area is 88.4 Å². The highest BCUT2D eigenvalue weighted by molar-refractivity contribution is 7.86. The fourth-order valence-electron chi connectivity index (χ4n) is 1.11. The first kappa shape index (κ1) is 9.82. The first-order chi connectivity index (χ1) is 6.50. The summed E-state index contributed by atoms with van der Waals surface area (Å²) in [6.45, 7) is 0. The van der Waals surface area contributed by atoms with Gasteiger partial charge in [-0.2, -0.15) is 8.42 Å². The van der Waals surface area contributed by atoms with Gasteiger partial charge < -0.3 is 0 Å². The van der Waals surface area contributed by atoms with Gasteiger partial charge in [-0.25, -0.2) is 4.98 Å². The third-order valence-electron chi connectivity index (χ3n) is 1.65. The number of aromatic nitrogens is 1. The van der Waals surface area contributed by atoms with Crippen LogP contribution in [-0.4, -0.2) is 13.4 Å². The molecule has 0 bridgehead atoms. The third kappa shape index (κ3) is 1.49. The van der Waals surface area contributed by atoms with E-state index in [0.717, 1.165) is 0 Å². The molecule has 2 aromatic rings. The Hall–Kier alpha value is -0.720. The van der Waals surface area contributed by atoms with Gasteiger partial charge in [0.1, 0.15) is 10.4 Å². The van der Waals surface area contributed by atoms with Gasteiger partial charge >= 0.3 is 10.2 Å². The molecule has 14 heavy (non-hydrogen) atoms. The van der Waals surface area contributed by atoms with E-state index in [0.29, 0.717) is 4.70 Å². The summed E-state index contributed by atoms with van der Waals surface area (Å²) < 4.78 is 35.0. The molecule has 0 radical (unpaired) electrons. The maximum atomic E-state index is 12.8. The van der Waals surface area contributed by atoms with Gasteiger partial charge in [0.05, 0.1) is 15.2 Å². The largest absolute Gasteiger partial charge is 0.335 e. The van der Waals surface area contributed by atoms with Crippen LogP contribution in [-0.2, 0) is 10.2 Å². The van der Waals surface area contributed by atoms with E-state index in [1.165, 1.54) is 22.9 Å². The molecule has 0 aliphatic rings. The summed E-state index contributed by atoms with van der Waals surface area (Å²) in [5.41, 5.74) is 1.53. The highest BCUT2D eigenvalue weighted by atomic mass is 35.5. The molecule has 3 nitrogen and oxygen atoms in total. The van der Waals surface area contributed by atoms with Gasteiger partial charge in [-0.15, -0.1) is 15.2 Å². The molecule has 2 rings (SSSR count). The highest BCUT2D eigenvalue weighted by Gasteiger charge is 2.21. The summed E-state index contributed by atoms with van der Waals surface area (Å²) >= 11 is 6.82. The molecule has 0 fully saturated rings. The lowest BCUT2D eigenvalue weighted by Gasteiger charge is -1.98. The van der Waals surface area contributed by atoms with E-state index >= 15 is 0 Å². The standard InChI is InChI=1S/C7H3ClFNO2S2/c8-4-1-2-5-6(10-3-13-5)7(4)14(9,11)12/h1-3H. The van der Waals surface area contributed by atoms with E-state index in [4.69, 9.17) is 11.6 Å². The second-order valence-electron chi connectivity index (χ2n) is 2.51. The van der Waals surface area contributed by atoms with Crippen LogP contribution in [0.5, 0.6) is 0 Å². The van der Waals surface area contributed by atoms with Gasteiger partial charge in [0.25, 0.3) is 0 Å². The van der Waals surface area contributed by atoms with E-state index in [1.54, 1.807) is 6.07 Å². The predicted molar refractivity (Wildman–Crippen MR) is 52.9 cm³/mol. The van der Waals surface area contributed by atoms with Gasteiger partial charge in [-0.1, -0.05) is 11.6 Å². The van der Waals surface area contributed by atoms with Crippen molar-refractivity contribution >= 4 is 43.4 Å². The van der Waals surface area contributed by atoms with Crippen molar-refractivity contribution < 1.29 is 12.3 Å². The van der Waals surface area contributed by atoms with Crippen LogP contribution in [0.4, 0.5) is 3.89 Å². The number of hydrogen-bond acceptors (Lipinski definition) is 4. The van der Waals surface area contributed by atoms with Crippen molar-refractivity contribution in [1.29, 1.82) is 0 Å². The first-order valence-electron chi connectivity index (χ1n) is 3.46. The fourth-order valence-corrected chi connectivity index (χ4v) is 2.99. The van der Waals surface area contributed by atoms with Crippen molar-refractivity contribution in [1.82, 2.24) is 4.98 Å². The third-order valence-corrected chi connectivity index (χ3v) is 3.77. The minimum atomic E-state index is -4.82. The van der Waals surface area contributed by atoms with Crippen molar-refractivity contribution in [2.24, 2.45) is 0 Å². The summed E-state index contributed by atoms with van der Waals surface area (Å²) in [5, 5.41) is -0.147. The second-order valence-corrected chi connectivity index (χ2v) is 5.09. The van der Waals surface area contributed by atoms with Gasteiger partial charge in [0, 0.05) is 0 Å². The van der Waals surface area contributed by atoms with Crippen LogP contribution in [0, 0.1) is 0 Å². The molecule has 1 heterocycles. The van der Waals surface area contributed by atoms with Crippen molar-refractivity contribution in [3.05, 3.63) is 22.7 Å². The van der Waals surface area contributed by atoms with E-state index in [2.05, 4.69) is 4.98 Å². The average Bonchev–Trinajstić information content (AvgIpc) is 2.48. The molecule has 0 saturated carbocycles. The van der Waals surface area contributed by atoms with Crippen LogP contribution < -0.4 is 0 Å². The molecular weight excluding hydrogens is 249 g/mol. The molecule has 0 aliphatic carbocycles.